The smallest absolute Gasteiger partial charge is 0.373 e. The molecule has 4 rings (SSSR count). The summed E-state index contributed by atoms with van der Waals surface area (Å²) in [5.41, 5.74) is 1.90. The van der Waals surface area contributed by atoms with Crippen LogP contribution in [0.3, 0.4) is 0 Å². The predicted molar refractivity (Wildman–Crippen MR) is 107 cm³/mol. The van der Waals surface area contributed by atoms with Gasteiger partial charge in [0.05, 0.1) is 24.8 Å². The fourth-order valence-electron chi connectivity index (χ4n) is 3.61. The van der Waals surface area contributed by atoms with E-state index in [2.05, 4.69) is 14.7 Å². The zero-order chi connectivity index (χ0) is 21.8. The lowest BCUT2D eigenvalue weighted by Crippen LogP contribution is -2.38. The molecule has 0 N–H and O–H groups in total. The maximum Gasteiger partial charge on any atom is 0.493 e. The Morgan fingerprint density at radius 2 is 1.71 bits per heavy atom. The summed E-state index contributed by atoms with van der Waals surface area (Å²) >= 11 is 0. The van der Waals surface area contributed by atoms with Gasteiger partial charge >= 0.3 is 12.1 Å². The molecule has 0 bridgehead atoms. The third-order valence-corrected chi connectivity index (χ3v) is 5.22. The molecule has 6 nitrogen and oxygen atoms in total. The number of para-hydroxylation sites is 2. The maximum atomic E-state index is 12.7. The van der Waals surface area contributed by atoms with Crippen molar-refractivity contribution >= 4 is 17.0 Å². The number of piperidine rings is 1. The number of carbonyl (C=O) groups is 1. The van der Waals surface area contributed by atoms with Crippen molar-refractivity contribution in [3.8, 4) is 0 Å². The van der Waals surface area contributed by atoms with Gasteiger partial charge in [-0.15, -0.1) is 0 Å². The number of alkyl halides is 3. The fraction of sp³-hybridized carbons (Fsp3) is 0.364. The lowest BCUT2D eigenvalue weighted by molar-refractivity contribution is -0.199. The first kappa shape index (κ1) is 21.3. The Labute approximate surface area is 177 Å². The van der Waals surface area contributed by atoms with E-state index >= 15 is 0 Å². The van der Waals surface area contributed by atoms with E-state index in [-0.39, 0.29) is 18.5 Å². The number of ether oxygens (including phenoxy) is 1. The number of rotatable bonds is 6. The predicted octanol–water partition coefficient (Wildman–Crippen LogP) is 3.74. The Morgan fingerprint density at radius 3 is 2.42 bits per heavy atom. The molecule has 2 aromatic carbocycles. The van der Waals surface area contributed by atoms with Crippen molar-refractivity contribution in [3.05, 3.63) is 66.0 Å². The summed E-state index contributed by atoms with van der Waals surface area (Å²) < 4.78 is 45.1. The zero-order valence-electron chi connectivity index (χ0n) is 16.7. The zero-order valence-corrected chi connectivity index (χ0v) is 16.7. The number of hydrogen-bond donors (Lipinski definition) is 0. The van der Waals surface area contributed by atoms with Crippen molar-refractivity contribution in [2.24, 2.45) is 0 Å². The number of fused-ring (bicyclic) bond motifs is 1. The summed E-state index contributed by atoms with van der Waals surface area (Å²) in [5, 5.41) is 0. The third kappa shape index (κ3) is 5.23. The Hall–Kier alpha value is -2.91. The van der Waals surface area contributed by atoms with Crippen molar-refractivity contribution < 1.29 is 27.5 Å². The summed E-state index contributed by atoms with van der Waals surface area (Å²) in [6.45, 7) is 2.23. The van der Waals surface area contributed by atoms with Gasteiger partial charge in [-0.25, -0.2) is 9.78 Å². The topological polar surface area (TPSA) is 56.6 Å². The molecule has 0 spiro atoms. The van der Waals surface area contributed by atoms with E-state index in [9.17, 15) is 18.0 Å². The van der Waals surface area contributed by atoms with E-state index in [1.807, 2.05) is 30.3 Å². The van der Waals surface area contributed by atoms with Crippen LogP contribution in [0.4, 0.5) is 13.2 Å². The quantitative estimate of drug-likeness (QED) is 0.593. The van der Waals surface area contributed by atoms with Crippen LogP contribution in [-0.2, 0) is 22.7 Å². The first-order valence-corrected chi connectivity index (χ1v) is 10.0. The van der Waals surface area contributed by atoms with E-state index in [1.54, 1.807) is 24.3 Å². The molecule has 0 amide bonds. The van der Waals surface area contributed by atoms with Gasteiger partial charge in [0.1, 0.15) is 5.52 Å². The van der Waals surface area contributed by atoms with Crippen molar-refractivity contribution in [2.75, 3.05) is 13.1 Å². The minimum absolute atomic E-state index is 0.123. The second-order valence-corrected chi connectivity index (χ2v) is 7.46. The highest BCUT2D eigenvalue weighted by Gasteiger charge is 2.42. The molecule has 0 saturated carbocycles. The van der Waals surface area contributed by atoms with Gasteiger partial charge in [0.25, 0.3) is 0 Å². The number of imidazole rings is 1. The molecule has 1 fully saturated rings. The second-order valence-electron chi connectivity index (χ2n) is 7.46. The minimum Gasteiger partial charge on any atom is -0.373 e. The van der Waals surface area contributed by atoms with E-state index in [1.165, 1.54) is 0 Å². The molecule has 0 radical (unpaired) electrons. The molecule has 1 aliphatic rings. The molecule has 31 heavy (non-hydrogen) atoms. The number of halogens is 3. The second kappa shape index (κ2) is 9.07. The van der Waals surface area contributed by atoms with Gasteiger partial charge in [-0.3, -0.25) is 4.90 Å². The lowest BCUT2D eigenvalue weighted by Gasteiger charge is -2.31. The van der Waals surface area contributed by atoms with E-state index in [0.717, 1.165) is 23.1 Å². The van der Waals surface area contributed by atoms with Crippen molar-refractivity contribution in [2.45, 2.75) is 38.3 Å². The molecule has 0 unspecified atom stereocenters. The Balaban J connectivity index is 1.40. The highest BCUT2D eigenvalue weighted by atomic mass is 19.4. The van der Waals surface area contributed by atoms with Gasteiger partial charge in [-0.05, 0) is 30.5 Å². The SMILES string of the molecule is O=C(On1c(CN2CCC(OCc3ccccc3)CC2)nc2ccccc21)C(F)(F)F. The number of likely N-dealkylation sites (tertiary alicyclic amines) is 1. The van der Waals surface area contributed by atoms with Gasteiger partial charge in [-0.1, -0.05) is 42.5 Å². The lowest BCUT2D eigenvalue weighted by atomic mass is 10.1. The molecule has 3 aromatic rings. The van der Waals surface area contributed by atoms with Crippen molar-refractivity contribution in [3.63, 3.8) is 0 Å². The molecular formula is C22H22F3N3O3. The first-order chi connectivity index (χ1) is 14.9. The summed E-state index contributed by atoms with van der Waals surface area (Å²) in [5.74, 6) is -2.02. The monoisotopic (exact) mass is 433 g/mol. The number of carbonyl (C=O) groups excluding carboxylic acids is 1. The van der Waals surface area contributed by atoms with Gasteiger partial charge in [0.15, 0.2) is 5.82 Å². The number of hydrogen-bond acceptors (Lipinski definition) is 5. The highest BCUT2D eigenvalue weighted by Crippen LogP contribution is 2.22. The number of benzene rings is 2. The van der Waals surface area contributed by atoms with Crippen molar-refractivity contribution in [1.29, 1.82) is 0 Å². The Kier molecular flexibility index (Phi) is 6.24. The standard InChI is InChI=1S/C22H22F3N3O3/c23-22(24,25)21(29)31-28-19-9-5-4-8-18(19)26-20(28)14-27-12-10-17(11-13-27)30-15-16-6-2-1-3-7-16/h1-9,17H,10-15H2. The van der Waals surface area contributed by atoms with Crippen LogP contribution in [0.25, 0.3) is 11.0 Å². The molecule has 164 valence electrons. The van der Waals surface area contributed by atoms with Gasteiger partial charge in [-0.2, -0.15) is 17.9 Å². The van der Waals surface area contributed by atoms with Crippen molar-refractivity contribution in [1.82, 2.24) is 14.6 Å². The average Bonchev–Trinajstić information content (AvgIpc) is 3.10. The van der Waals surface area contributed by atoms with Crippen LogP contribution < -0.4 is 4.84 Å². The van der Waals surface area contributed by atoms with E-state index in [0.29, 0.717) is 30.7 Å². The minimum atomic E-state index is -5.09. The van der Waals surface area contributed by atoms with Crippen LogP contribution in [0.1, 0.15) is 24.2 Å². The fourth-order valence-corrected chi connectivity index (χ4v) is 3.61. The van der Waals surface area contributed by atoms with Crippen LogP contribution >= 0.6 is 0 Å². The normalized spacial score (nSPS) is 16.0. The Bertz CT molecular complexity index is 1030. The molecule has 1 aromatic heterocycles. The highest BCUT2D eigenvalue weighted by molar-refractivity contribution is 5.79. The molecule has 1 saturated heterocycles. The molecule has 1 aliphatic heterocycles. The van der Waals surface area contributed by atoms with E-state index < -0.39 is 12.1 Å². The number of nitrogens with zero attached hydrogens (tertiary/aromatic N) is 3. The van der Waals surface area contributed by atoms with Gasteiger partial charge in [0, 0.05) is 13.1 Å². The molecule has 9 heteroatoms. The summed E-state index contributed by atoms with van der Waals surface area (Å²) in [6.07, 6.45) is -3.36. The maximum absolute atomic E-state index is 12.7. The third-order valence-electron chi connectivity index (χ3n) is 5.22. The van der Waals surface area contributed by atoms with Crippen LogP contribution in [0, 0.1) is 0 Å². The molecular weight excluding hydrogens is 411 g/mol. The van der Waals surface area contributed by atoms with Crippen LogP contribution in [-0.4, -0.2) is 46.0 Å². The summed E-state index contributed by atoms with van der Waals surface area (Å²) in [4.78, 5) is 22.5. The van der Waals surface area contributed by atoms with Crippen LogP contribution in [0.2, 0.25) is 0 Å². The molecule has 2 heterocycles. The van der Waals surface area contributed by atoms with Gasteiger partial charge in [0.2, 0.25) is 0 Å². The first-order valence-electron chi connectivity index (χ1n) is 10.0. The summed E-state index contributed by atoms with van der Waals surface area (Å²) in [7, 11) is 0. The molecule has 0 atom stereocenters. The Morgan fingerprint density at radius 1 is 1.03 bits per heavy atom. The molecule has 0 aliphatic carbocycles. The van der Waals surface area contributed by atoms with Crippen LogP contribution in [0.15, 0.2) is 54.6 Å². The largest absolute Gasteiger partial charge is 0.493 e. The average molecular weight is 433 g/mol. The van der Waals surface area contributed by atoms with Gasteiger partial charge < -0.3 is 9.57 Å². The number of aromatic nitrogens is 2. The summed E-state index contributed by atoms with van der Waals surface area (Å²) in [6, 6.07) is 16.6. The van der Waals surface area contributed by atoms with E-state index in [4.69, 9.17) is 4.74 Å². The van der Waals surface area contributed by atoms with Crippen LogP contribution in [0.5, 0.6) is 0 Å².